The third-order valence-electron chi connectivity index (χ3n) is 3.78. The van der Waals surface area contributed by atoms with Gasteiger partial charge in [0.2, 0.25) is 5.76 Å². The summed E-state index contributed by atoms with van der Waals surface area (Å²) in [6.07, 6.45) is 5.13. The van der Waals surface area contributed by atoms with Gasteiger partial charge in [0.1, 0.15) is 0 Å². The molecule has 8 heteroatoms. The Morgan fingerprint density at radius 1 is 1.39 bits per heavy atom. The van der Waals surface area contributed by atoms with Crippen LogP contribution < -0.4 is 10.1 Å². The molecule has 0 saturated carbocycles. The van der Waals surface area contributed by atoms with Crippen LogP contribution in [0, 0.1) is 0 Å². The molecule has 124 valence electrons. The van der Waals surface area contributed by atoms with Crippen LogP contribution in [0.15, 0.2) is 16.0 Å². The van der Waals surface area contributed by atoms with E-state index in [9.17, 15) is 4.79 Å². The fourth-order valence-electron chi connectivity index (χ4n) is 2.58. The summed E-state index contributed by atoms with van der Waals surface area (Å²) < 4.78 is 9.80. The molecule has 0 unspecified atom stereocenters. The molecule has 0 radical (unpaired) electrons. The van der Waals surface area contributed by atoms with Crippen LogP contribution in [0.4, 0.5) is 5.13 Å². The molecule has 0 aromatic carbocycles. The first-order valence-corrected chi connectivity index (χ1v) is 8.61. The molecule has 1 aliphatic rings. The Hall–Kier alpha value is -1.93. The fraction of sp³-hybridized carbons (Fsp3) is 0.533. The molecule has 1 aliphatic heterocycles. The quantitative estimate of drug-likeness (QED) is 0.904. The van der Waals surface area contributed by atoms with Crippen LogP contribution in [0.25, 0.3) is 0 Å². The maximum absolute atomic E-state index is 12.0. The lowest BCUT2D eigenvalue weighted by molar-refractivity contribution is 0.0987. The van der Waals surface area contributed by atoms with Crippen molar-refractivity contribution in [3.8, 4) is 5.88 Å². The number of ether oxygens (including phenoxy) is 1. The van der Waals surface area contributed by atoms with E-state index in [0.29, 0.717) is 5.13 Å². The number of anilines is 1. The van der Waals surface area contributed by atoms with E-state index in [1.54, 1.807) is 0 Å². The van der Waals surface area contributed by atoms with Gasteiger partial charge in [0, 0.05) is 11.9 Å². The van der Waals surface area contributed by atoms with Gasteiger partial charge in [-0.1, -0.05) is 12.8 Å². The van der Waals surface area contributed by atoms with Gasteiger partial charge in [-0.15, -0.1) is 11.3 Å². The van der Waals surface area contributed by atoms with Gasteiger partial charge in [0.05, 0.1) is 18.9 Å². The van der Waals surface area contributed by atoms with Crippen molar-refractivity contribution in [2.24, 2.45) is 0 Å². The standard InChI is InChI=1S/C15H20N4O3S/c1-21-13-8-12(22-18-13)14(20)17-15-16-11(10-23-15)9-19-6-4-2-3-5-7-19/h8,10H,2-7,9H2,1H3,(H,16,17,20). The molecule has 0 aliphatic carbocycles. The summed E-state index contributed by atoms with van der Waals surface area (Å²) in [7, 11) is 1.47. The third-order valence-corrected chi connectivity index (χ3v) is 4.58. The highest BCUT2D eigenvalue weighted by Gasteiger charge is 2.16. The summed E-state index contributed by atoms with van der Waals surface area (Å²) in [5.41, 5.74) is 0.988. The van der Waals surface area contributed by atoms with Crippen molar-refractivity contribution in [3.05, 3.63) is 22.9 Å². The lowest BCUT2D eigenvalue weighted by atomic mass is 10.2. The van der Waals surface area contributed by atoms with Crippen molar-refractivity contribution in [1.29, 1.82) is 0 Å². The maximum atomic E-state index is 12.0. The van der Waals surface area contributed by atoms with E-state index in [1.807, 2.05) is 5.38 Å². The Morgan fingerprint density at radius 2 is 2.17 bits per heavy atom. The predicted molar refractivity (Wildman–Crippen MR) is 86.9 cm³/mol. The van der Waals surface area contributed by atoms with Crippen LogP contribution in [0.2, 0.25) is 0 Å². The summed E-state index contributed by atoms with van der Waals surface area (Å²) in [6.45, 7) is 3.08. The minimum atomic E-state index is -0.378. The number of hydrogen-bond acceptors (Lipinski definition) is 7. The SMILES string of the molecule is COc1cc(C(=O)Nc2nc(CN3CCCCCC3)cs2)on1. The van der Waals surface area contributed by atoms with E-state index >= 15 is 0 Å². The largest absolute Gasteiger partial charge is 0.479 e. The number of hydrogen-bond donors (Lipinski definition) is 1. The number of aromatic nitrogens is 2. The van der Waals surface area contributed by atoms with Gasteiger partial charge in [0.25, 0.3) is 11.8 Å². The van der Waals surface area contributed by atoms with E-state index in [4.69, 9.17) is 9.26 Å². The smallest absolute Gasteiger partial charge is 0.296 e. The van der Waals surface area contributed by atoms with Gasteiger partial charge in [0.15, 0.2) is 5.13 Å². The Morgan fingerprint density at radius 3 is 2.87 bits per heavy atom. The summed E-state index contributed by atoms with van der Waals surface area (Å²) in [6, 6.07) is 1.45. The second kappa shape index (κ2) is 7.56. The van der Waals surface area contributed by atoms with Crippen molar-refractivity contribution in [2.75, 3.05) is 25.5 Å². The molecule has 7 nitrogen and oxygen atoms in total. The highest BCUT2D eigenvalue weighted by Crippen LogP contribution is 2.20. The van der Waals surface area contributed by atoms with Gasteiger partial charge in [-0.3, -0.25) is 15.0 Å². The Labute approximate surface area is 138 Å². The first-order valence-electron chi connectivity index (χ1n) is 7.73. The van der Waals surface area contributed by atoms with Gasteiger partial charge < -0.3 is 9.26 Å². The van der Waals surface area contributed by atoms with Gasteiger partial charge in [-0.2, -0.15) is 0 Å². The molecule has 23 heavy (non-hydrogen) atoms. The number of thiazole rings is 1. The number of likely N-dealkylation sites (tertiary alicyclic amines) is 1. The van der Waals surface area contributed by atoms with E-state index < -0.39 is 0 Å². The van der Waals surface area contributed by atoms with Crippen molar-refractivity contribution in [2.45, 2.75) is 32.2 Å². The molecule has 1 saturated heterocycles. The van der Waals surface area contributed by atoms with Gasteiger partial charge in [-0.05, 0) is 31.1 Å². The highest BCUT2D eigenvalue weighted by atomic mass is 32.1. The van der Waals surface area contributed by atoms with Crippen molar-refractivity contribution in [3.63, 3.8) is 0 Å². The predicted octanol–water partition coefficient (Wildman–Crippen LogP) is 2.77. The lowest BCUT2D eigenvalue weighted by Crippen LogP contribution is -2.24. The molecule has 3 rings (SSSR count). The van der Waals surface area contributed by atoms with Crippen molar-refractivity contribution in [1.82, 2.24) is 15.0 Å². The zero-order valence-electron chi connectivity index (χ0n) is 13.1. The normalized spacial score (nSPS) is 16.0. The number of amides is 1. The van der Waals surface area contributed by atoms with E-state index in [2.05, 4.69) is 20.4 Å². The number of methoxy groups -OCH3 is 1. The molecule has 3 heterocycles. The van der Waals surface area contributed by atoms with Crippen LogP contribution in [0.1, 0.15) is 41.9 Å². The summed E-state index contributed by atoms with van der Waals surface area (Å²) in [5.74, 6) is -0.00117. The average Bonchev–Trinajstić information content (AvgIpc) is 3.12. The molecule has 0 spiro atoms. The Bertz CT molecular complexity index is 647. The van der Waals surface area contributed by atoms with Gasteiger partial charge >= 0.3 is 0 Å². The first-order chi connectivity index (χ1) is 11.2. The molecule has 1 amide bonds. The van der Waals surface area contributed by atoms with E-state index in [1.165, 1.54) is 50.2 Å². The molecule has 0 atom stereocenters. The maximum Gasteiger partial charge on any atom is 0.296 e. The first kappa shape index (κ1) is 15.9. The number of rotatable bonds is 5. The van der Waals surface area contributed by atoms with Crippen LogP contribution in [-0.4, -0.2) is 41.1 Å². The zero-order valence-corrected chi connectivity index (χ0v) is 13.9. The molecular formula is C15H20N4O3S. The third kappa shape index (κ3) is 4.29. The summed E-state index contributed by atoms with van der Waals surface area (Å²) in [4.78, 5) is 18.9. The Kier molecular flexibility index (Phi) is 5.24. The van der Waals surface area contributed by atoms with E-state index in [0.717, 1.165) is 25.3 Å². The molecular weight excluding hydrogens is 316 g/mol. The second-order valence-corrected chi connectivity index (χ2v) is 6.38. The number of carbonyl (C=O) groups is 1. The van der Waals surface area contributed by atoms with Crippen molar-refractivity contribution < 1.29 is 14.1 Å². The lowest BCUT2D eigenvalue weighted by Gasteiger charge is -2.17. The number of nitrogens with zero attached hydrogens (tertiary/aromatic N) is 3. The zero-order chi connectivity index (χ0) is 16.1. The van der Waals surface area contributed by atoms with Crippen LogP contribution >= 0.6 is 11.3 Å². The summed E-state index contributed by atoms with van der Waals surface area (Å²) in [5, 5.41) is 8.89. The molecule has 1 N–H and O–H groups in total. The molecule has 2 aromatic rings. The topological polar surface area (TPSA) is 80.5 Å². The van der Waals surface area contributed by atoms with Gasteiger partial charge in [-0.25, -0.2) is 4.98 Å². The minimum Gasteiger partial charge on any atom is -0.479 e. The molecule has 2 aromatic heterocycles. The minimum absolute atomic E-state index is 0.103. The molecule has 0 bridgehead atoms. The Balaban J connectivity index is 1.57. The van der Waals surface area contributed by atoms with Crippen molar-refractivity contribution >= 4 is 22.4 Å². The fourth-order valence-corrected chi connectivity index (χ4v) is 3.28. The van der Waals surface area contributed by atoms with Crippen LogP contribution in [0.5, 0.6) is 5.88 Å². The van der Waals surface area contributed by atoms with Crippen LogP contribution in [-0.2, 0) is 6.54 Å². The second-order valence-electron chi connectivity index (χ2n) is 5.52. The highest BCUT2D eigenvalue weighted by molar-refractivity contribution is 7.13. The summed E-state index contributed by atoms with van der Waals surface area (Å²) >= 11 is 1.42. The number of nitrogens with one attached hydrogen (secondary N) is 1. The van der Waals surface area contributed by atoms with Crippen LogP contribution in [0.3, 0.4) is 0 Å². The monoisotopic (exact) mass is 336 g/mol. The number of carbonyl (C=O) groups excluding carboxylic acids is 1. The van der Waals surface area contributed by atoms with E-state index in [-0.39, 0.29) is 17.5 Å². The average molecular weight is 336 g/mol. The molecule has 1 fully saturated rings.